The van der Waals surface area contributed by atoms with Crippen LogP contribution in [0.5, 0.6) is 0 Å². The number of carbonyl (C=O) groups is 4. The van der Waals surface area contributed by atoms with E-state index in [9.17, 15) is 28.0 Å². The summed E-state index contributed by atoms with van der Waals surface area (Å²) in [5.41, 5.74) is 1.05. The molecule has 4 rings (SSSR count). The first-order valence-electron chi connectivity index (χ1n) is 11.0. The molecule has 3 N–H and O–H groups in total. The summed E-state index contributed by atoms with van der Waals surface area (Å²) >= 11 is 0. The van der Waals surface area contributed by atoms with Gasteiger partial charge in [0.2, 0.25) is 5.91 Å². The molecular formula is C24H26F2N4O4. The van der Waals surface area contributed by atoms with Crippen LogP contribution in [-0.4, -0.2) is 46.6 Å². The zero-order valence-electron chi connectivity index (χ0n) is 19.2. The first kappa shape index (κ1) is 23.6. The van der Waals surface area contributed by atoms with E-state index in [2.05, 4.69) is 16.0 Å². The Labute approximate surface area is 195 Å². The van der Waals surface area contributed by atoms with Gasteiger partial charge in [0.25, 0.3) is 23.5 Å². The second kappa shape index (κ2) is 8.34. The first-order chi connectivity index (χ1) is 16.0. The van der Waals surface area contributed by atoms with Crippen LogP contribution >= 0.6 is 0 Å². The van der Waals surface area contributed by atoms with E-state index in [0.29, 0.717) is 36.3 Å². The van der Waals surface area contributed by atoms with Crippen molar-refractivity contribution in [3.8, 4) is 0 Å². The highest BCUT2D eigenvalue weighted by molar-refractivity contribution is 6.44. The summed E-state index contributed by atoms with van der Waals surface area (Å²) in [6.07, 6.45) is -0.576. The summed E-state index contributed by atoms with van der Waals surface area (Å²) < 4.78 is 28.9. The van der Waals surface area contributed by atoms with E-state index in [0.717, 1.165) is 5.56 Å². The first-order valence-corrected chi connectivity index (χ1v) is 11.0. The zero-order chi connectivity index (χ0) is 24.8. The van der Waals surface area contributed by atoms with Crippen LogP contribution in [-0.2, 0) is 22.6 Å². The van der Waals surface area contributed by atoms with Gasteiger partial charge in [-0.15, -0.1) is 0 Å². The number of aryl methyl sites for hydroxylation is 1. The number of rotatable bonds is 6. The van der Waals surface area contributed by atoms with Gasteiger partial charge in [0.1, 0.15) is 11.2 Å². The summed E-state index contributed by atoms with van der Waals surface area (Å²) in [5.74, 6) is -6.39. The van der Waals surface area contributed by atoms with Gasteiger partial charge in [-0.2, -0.15) is 0 Å². The summed E-state index contributed by atoms with van der Waals surface area (Å²) in [5, 5.41) is 7.34. The third-order valence-electron chi connectivity index (χ3n) is 6.50. The van der Waals surface area contributed by atoms with Crippen molar-refractivity contribution in [1.82, 2.24) is 15.2 Å². The fourth-order valence-corrected chi connectivity index (χ4v) is 4.90. The molecule has 34 heavy (non-hydrogen) atoms. The van der Waals surface area contributed by atoms with E-state index < -0.39 is 47.8 Å². The van der Waals surface area contributed by atoms with Crippen molar-refractivity contribution in [3.63, 3.8) is 0 Å². The number of nitrogens with one attached hydrogen (secondary N) is 3. The van der Waals surface area contributed by atoms with E-state index in [-0.39, 0.29) is 11.3 Å². The van der Waals surface area contributed by atoms with Crippen molar-refractivity contribution < 1.29 is 28.0 Å². The second-order valence-electron chi connectivity index (χ2n) is 9.02. The van der Waals surface area contributed by atoms with E-state index in [4.69, 9.17) is 0 Å². The van der Waals surface area contributed by atoms with Gasteiger partial charge < -0.3 is 20.5 Å². The number of likely N-dealkylation sites (N-methyl/N-ethyl adjacent to an activating group) is 1. The Balaban J connectivity index is 1.61. The average molecular weight is 472 g/mol. The molecule has 0 unspecified atom stereocenters. The zero-order valence-corrected chi connectivity index (χ0v) is 19.2. The number of benzene rings is 1. The van der Waals surface area contributed by atoms with Gasteiger partial charge in [0.05, 0.1) is 5.56 Å². The van der Waals surface area contributed by atoms with Crippen molar-refractivity contribution in [2.75, 3.05) is 12.4 Å². The molecule has 0 atom stereocenters. The number of hydrogen-bond donors (Lipinski definition) is 3. The lowest BCUT2D eigenvalue weighted by Gasteiger charge is -2.45. The number of ketones is 1. The molecule has 1 saturated carbocycles. The Morgan fingerprint density at radius 1 is 1.03 bits per heavy atom. The summed E-state index contributed by atoms with van der Waals surface area (Å²) in [4.78, 5) is 51.3. The predicted molar refractivity (Wildman–Crippen MR) is 120 cm³/mol. The van der Waals surface area contributed by atoms with Crippen LogP contribution in [0.2, 0.25) is 0 Å². The van der Waals surface area contributed by atoms with Gasteiger partial charge in [0.15, 0.2) is 0 Å². The number of hydrogen-bond acceptors (Lipinski definition) is 4. The highest BCUT2D eigenvalue weighted by atomic mass is 19.3. The maximum absolute atomic E-state index is 13.6. The molecule has 2 aliphatic rings. The number of aromatic nitrogens is 1. The number of amides is 3. The largest absolute Gasteiger partial charge is 0.357 e. The lowest BCUT2D eigenvalue weighted by molar-refractivity contribution is -0.164. The minimum absolute atomic E-state index is 0.0854. The Bertz CT molecular complexity index is 1190. The molecule has 1 fully saturated rings. The van der Waals surface area contributed by atoms with Crippen molar-refractivity contribution >= 4 is 29.2 Å². The summed E-state index contributed by atoms with van der Waals surface area (Å²) in [7, 11) is 1.28. The van der Waals surface area contributed by atoms with Crippen LogP contribution in [0, 0.1) is 13.8 Å². The van der Waals surface area contributed by atoms with Crippen LogP contribution in [0.4, 0.5) is 14.5 Å². The summed E-state index contributed by atoms with van der Waals surface area (Å²) in [6.45, 7) is 4.02. The Hall–Kier alpha value is -3.56. The highest BCUT2D eigenvalue weighted by Crippen LogP contribution is 2.45. The normalized spacial score (nSPS) is 17.3. The standard InChI is InChI=1S/C24H26F2N4O4/c1-13-6-8-15(9-7-13)28-20(32)18-14(2)17(16-5-4-10-30(16)18)19(31)21(33)29-23(22(34)27-3)11-24(25,26)12-23/h6-9H,4-5,10-12H2,1-3H3,(H,27,34)(H,28,32)(H,29,33). The molecule has 0 spiro atoms. The van der Waals surface area contributed by atoms with Crippen LogP contribution in [0.25, 0.3) is 0 Å². The topological polar surface area (TPSA) is 109 Å². The smallest absolute Gasteiger partial charge is 0.293 e. The van der Waals surface area contributed by atoms with E-state index in [1.807, 2.05) is 19.1 Å². The van der Waals surface area contributed by atoms with Gasteiger partial charge in [-0.1, -0.05) is 17.7 Å². The second-order valence-corrected chi connectivity index (χ2v) is 9.02. The Morgan fingerprint density at radius 3 is 2.26 bits per heavy atom. The molecule has 180 valence electrons. The van der Waals surface area contributed by atoms with Gasteiger partial charge in [-0.25, -0.2) is 8.78 Å². The molecule has 0 saturated heterocycles. The highest BCUT2D eigenvalue weighted by Gasteiger charge is 2.62. The lowest BCUT2D eigenvalue weighted by Crippen LogP contribution is -2.69. The number of carbonyl (C=O) groups excluding carboxylic acids is 4. The van der Waals surface area contributed by atoms with E-state index >= 15 is 0 Å². The van der Waals surface area contributed by atoms with Gasteiger partial charge >= 0.3 is 0 Å². The van der Waals surface area contributed by atoms with Crippen LogP contribution in [0.15, 0.2) is 24.3 Å². The van der Waals surface area contributed by atoms with E-state index in [1.54, 1.807) is 23.6 Å². The molecule has 8 nitrogen and oxygen atoms in total. The van der Waals surface area contributed by atoms with Crippen molar-refractivity contribution in [2.45, 2.75) is 57.5 Å². The Morgan fingerprint density at radius 2 is 1.68 bits per heavy atom. The fourth-order valence-electron chi connectivity index (χ4n) is 4.90. The molecule has 2 heterocycles. The van der Waals surface area contributed by atoms with Gasteiger partial charge in [-0.05, 0) is 44.4 Å². The molecule has 3 amide bonds. The lowest BCUT2D eigenvalue weighted by atomic mass is 9.72. The van der Waals surface area contributed by atoms with Gasteiger partial charge in [0, 0.05) is 37.8 Å². The number of Topliss-reactive ketones (excluding diaryl/α,β-unsaturated/α-hetero) is 1. The van der Waals surface area contributed by atoms with Gasteiger partial charge in [-0.3, -0.25) is 19.2 Å². The fraction of sp³-hybridized carbons (Fsp3) is 0.417. The van der Waals surface area contributed by atoms with Crippen molar-refractivity contribution in [1.29, 1.82) is 0 Å². The number of halogens is 2. The maximum Gasteiger partial charge on any atom is 0.293 e. The van der Waals surface area contributed by atoms with E-state index in [1.165, 1.54) is 7.05 Å². The molecule has 1 aliphatic carbocycles. The average Bonchev–Trinajstić information content (AvgIpc) is 3.32. The molecule has 1 aromatic carbocycles. The Kier molecular flexibility index (Phi) is 5.79. The quantitative estimate of drug-likeness (QED) is 0.443. The predicted octanol–water partition coefficient (Wildman–Crippen LogP) is 2.52. The minimum atomic E-state index is -3.10. The molecule has 0 radical (unpaired) electrons. The number of nitrogens with zero attached hydrogens (tertiary/aromatic N) is 1. The third kappa shape index (κ3) is 3.97. The third-order valence-corrected chi connectivity index (χ3v) is 6.50. The number of anilines is 1. The maximum atomic E-state index is 13.6. The van der Waals surface area contributed by atoms with Crippen LogP contribution in [0.1, 0.15) is 56.9 Å². The van der Waals surface area contributed by atoms with Crippen LogP contribution in [0.3, 0.4) is 0 Å². The number of alkyl halides is 2. The minimum Gasteiger partial charge on any atom is -0.357 e. The molecule has 1 aromatic heterocycles. The van der Waals surface area contributed by atoms with Crippen molar-refractivity contribution in [3.05, 3.63) is 52.3 Å². The summed E-state index contributed by atoms with van der Waals surface area (Å²) in [6, 6.07) is 7.25. The van der Waals surface area contributed by atoms with Crippen LogP contribution < -0.4 is 16.0 Å². The monoisotopic (exact) mass is 472 g/mol. The molecular weight excluding hydrogens is 446 g/mol. The molecule has 10 heteroatoms. The number of fused-ring (bicyclic) bond motifs is 1. The molecule has 1 aliphatic heterocycles. The molecule has 2 aromatic rings. The van der Waals surface area contributed by atoms with Crippen molar-refractivity contribution in [2.24, 2.45) is 0 Å². The molecule has 0 bridgehead atoms. The SMILES string of the molecule is CNC(=O)C1(NC(=O)C(=O)c2c(C)c(C(=O)Nc3ccc(C)cc3)n3c2CCC3)CC(F)(F)C1.